The summed E-state index contributed by atoms with van der Waals surface area (Å²) in [7, 11) is 0. The first-order chi connectivity index (χ1) is 37.4. The van der Waals surface area contributed by atoms with E-state index in [2.05, 4.69) is 0 Å². The highest BCUT2D eigenvalue weighted by molar-refractivity contribution is 6.35. The van der Waals surface area contributed by atoms with Crippen molar-refractivity contribution in [1.82, 2.24) is 0 Å². The number of fused-ring (bicyclic) bond motifs is 9. The Bertz CT molecular complexity index is 4780. The van der Waals surface area contributed by atoms with Crippen LogP contribution >= 0.6 is 0 Å². The van der Waals surface area contributed by atoms with Crippen molar-refractivity contribution in [3.8, 4) is 200 Å². The third-order valence-electron chi connectivity index (χ3n) is 13.9. The summed E-state index contributed by atoms with van der Waals surface area (Å²) in [6.45, 7) is 0. The third kappa shape index (κ3) is 5.46. The highest BCUT2D eigenvalue weighted by Crippen LogP contribution is 2.70. The molecule has 0 spiro atoms. The standard InChI is InChI=1S/C50H30O30/c51-2-1-3(52)49-15(21-24(55)19-20(37(68)50(21)80-49)36(67)48(79)47(78)35(19)66)4(2)5-7-9(27(58)41(72)39(70)25(7)56)6(10-8(5)26(57)40(71)42(73)28(10)59)16-23(54)17(33(64)38(69)32(16)63)13-11-12(30(61)44(75)43(74)29(11)60)14-18(22(13)53)34(65)46(77)45(76)31(14)62/h1,51-79H. The lowest BCUT2D eigenvalue weighted by Crippen LogP contribution is -1.97. The largest absolute Gasteiger partial charge is 0.507 e. The second-order valence-electron chi connectivity index (χ2n) is 17.8. The van der Waals surface area contributed by atoms with Gasteiger partial charge in [0, 0.05) is 71.4 Å². The Kier molecular flexibility index (Phi) is 9.51. The zero-order chi connectivity index (χ0) is 58.7. The Hall–Kier alpha value is -12.5. The topological polar surface area (TPSA) is 600 Å². The molecule has 11 rings (SSSR count). The summed E-state index contributed by atoms with van der Waals surface area (Å²) in [6, 6.07) is 0.381. The van der Waals surface area contributed by atoms with Gasteiger partial charge in [-0.05, 0) is 0 Å². The predicted octanol–water partition coefficient (Wildman–Crippen LogP) is 5.82. The molecule has 0 aliphatic heterocycles. The number of phenolic OH excluding ortho intramolecular Hbond substituents is 29. The molecule has 0 bridgehead atoms. The molecule has 0 radical (unpaired) electrons. The van der Waals surface area contributed by atoms with E-state index in [1.165, 1.54) is 0 Å². The Morgan fingerprint density at radius 3 is 0.812 bits per heavy atom. The van der Waals surface area contributed by atoms with Crippen LogP contribution in [0.15, 0.2) is 10.5 Å². The van der Waals surface area contributed by atoms with Crippen molar-refractivity contribution in [3.63, 3.8) is 0 Å². The van der Waals surface area contributed by atoms with Crippen LogP contribution in [0.3, 0.4) is 0 Å². The third-order valence-corrected chi connectivity index (χ3v) is 13.9. The van der Waals surface area contributed by atoms with E-state index in [0.717, 1.165) is 0 Å². The summed E-state index contributed by atoms with van der Waals surface area (Å²) in [5, 5.41) is 314. The minimum absolute atomic E-state index is 0.381. The van der Waals surface area contributed by atoms with Gasteiger partial charge in [0.15, 0.2) is 91.7 Å². The Morgan fingerprint density at radius 1 is 0.150 bits per heavy atom. The zero-order valence-electron chi connectivity index (χ0n) is 38.5. The van der Waals surface area contributed by atoms with Gasteiger partial charge in [-0.25, -0.2) is 0 Å². The van der Waals surface area contributed by atoms with E-state index in [1.54, 1.807) is 0 Å². The molecule has 1 heterocycles. The quantitative estimate of drug-likeness (QED) is 0.0429. The molecule has 0 fully saturated rings. The van der Waals surface area contributed by atoms with Gasteiger partial charge in [-0.1, -0.05) is 0 Å². The van der Waals surface area contributed by atoms with Gasteiger partial charge in [0.2, 0.25) is 63.2 Å². The lowest BCUT2D eigenvalue weighted by Gasteiger charge is -2.25. The molecule has 80 heavy (non-hydrogen) atoms. The minimum atomic E-state index is -1.95. The lowest BCUT2D eigenvalue weighted by atomic mass is 9.80. The first-order valence-corrected chi connectivity index (χ1v) is 21.7. The summed E-state index contributed by atoms with van der Waals surface area (Å²) in [5.74, 6) is -48.2. The molecule has 0 atom stereocenters. The number of benzene rings is 10. The fraction of sp³-hybridized carbons (Fsp3) is 0. The number of hydrogen-bond donors (Lipinski definition) is 29. The average Bonchev–Trinajstić information content (AvgIpc) is 3.89. The van der Waals surface area contributed by atoms with Crippen molar-refractivity contribution in [2.75, 3.05) is 0 Å². The van der Waals surface area contributed by atoms with Crippen LogP contribution < -0.4 is 0 Å². The lowest BCUT2D eigenvalue weighted by molar-refractivity contribution is 0.348. The molecule has 0 amide bonds. The predicted molar refractivity (Wildman–Crippen MR) is 266 cm³/mol. The minimum Gasteiger partial charge on any atom is -0.507 e. The van der Waals surface area contributed by atoms with Crippen molar-refractivity contribution in [3.05, 3.63) is 6.07 Å². The molecule has 30 nitrogen and oxygen atoms in total. The molecule has 0 aliphatic rings. The first kappa shape index (κ1) is 49.7. The highest BCUT2D eigenvalue weighted by atomic mass is 16.4. The molecule has 1 aromatic heterocycles. The van der Waals surface area contributed by atoms with Crippen molar-refractivity contribution >= 4 is 75.8 Å². The highest BCUT2D eigenvalue weighted by Gasteiger charge is 2.41. The normalized spacial score (nSPS) is 11.9. The van der Waals surface area contributed by atoms with Crippen LogP contribution in [0.2, 0.25) is 0 Å². The number of hydrogen-bond acceptors (Lipinski definition) is 30. The maximum atomic E-state index is 12.6. The molecule has 0 saturated carbocycles. The van der Waals surface area contributed by atoms with Crippen LogP contribution in [0.25, 0.3) is 109 Å². The Morgan fingerprint density at radius 2 is 0.425 bits per heavy atom. The van der Waals surface area contributed by atoms with Crippen LogP contribution in [0.5, 0.6) is 167 Å². The van der Waals surface area contributed by atoms with E-state index < -0.39 is 276 Å². The Balaban J connectivity index is 1.44. The molecular formula is C50H30O30. The van der Waals surface area contributed by atoms with Crippen molar-refractivity contribution in [2.45, 2.75) is 0 Å². The maximum absolute atomic E-state index is 12.6. The second-order valence-corrected chi connectivity index (χ2v) is 17.8. The van der Waals surface area contributed by atoms with Gasteiger partial charge in [0.05, 0.1) is 32.7 Å². The van der Waals surface area contributed by atoms with E-state index in [0.29, 0.717) is 6.07 Å². The monoisotopic (exact) mass is 1110 g/mol. The van der Waals surface area contributed by atoms with Gasteiger partial charge in [-0.3, -0.25) is 0 Å². The van der Waals surface area contributed by atoms with Crippen molar-refractivity contribution < 1.29 is 153 Å². The number of rotatable bonds is 3. The first-order valence-electron chi connectivity index (χ1n) is 21.7. The van der Waals surface area contributed by atoms with Gasteiger partial charge in [-0.15, -0.1) is 0 Å². The molecule has 10 aromatic carbocycles. The van der Waals surface area contributed by atoms with Crippen molar-refractivity contribution in [1.29, 1.82) is 0 Å². The van der Waals surface area contributed by atoms with E-state index in [1.807, 2.05) is 0 Å². The van der Waals surface area contributed by atoms with Gasteiger partial charge in [0.1, 0.15) is 23.0 Å². The van der Waals surface area contributed by atoms with E-state index in [4.69, 9.17) is 4.42 Å². The second kappa shape index (κ2) is 15.3. The van der Waals surface area contributed by atoms with Crippen LogP contribution in [0.4, 0.5) is 0 Å². The van der Waals surface area contributed by atoms with E-state index in [-0.39, 0.29) is 0 Å². The van der Waals surface area contributed by atoms with Gasteiger partial charge in [0.25, 0.3) is 0 Å². The molecule has 29 N–H and O–H groups in total. The maximum Gasteiger partial charge on any atom is 0.205 e. The fourth-order valence-electron chi connectivity index (χ4n) is 10.4. The molecule has 0 saturated heterocycles. The van der Waals surface area contributed by atoms with Gasteiger partial charge < -0.3 is 153 Å². The summed E-state index contributed by atoms with van der Waals surface area (Å²) in [4.78, 5) is 0. The van der Waals surface area contributed by atoms with Gasteiger partial charge >= 0.3 is 0 Å². The number of furan rings is 1. The molecular weight excluding hydrogens is 1080 g/mol. The van der Waals surface area contributed by atoms with Crippen LogP contribution in [-0.4, -0.2) is 148 Å². The summed E-state index contributed by atoms with van der Waals surface area (Å²) in [6.07, 6.45) is 0. The summed E-state index contributed by atoms with van der Waals surface area (Å²) >= 11 is 0. The van der Waals surface area contributed by atoms with E-state index in [9.17, 15) is 148 Å². The molecule has 0 unspecified atom stereocenters. The number of aromatic hydroxyl groups is 29. The zero-order valence-corrected chi connectivity index (χ0v) is 38.5. The van der Waals surface area contributed by atoms with Crippen LogP contribution in [0.1, 0.15) is 0 Å². The average molecular weight is 1110 g/mol. The summed E-state index contributed by atoms with van der Waals surface area (Å²) < 4.78 is 5.66. The smallest absolute Gasteiger partial charge is 0.205 e. The van der Waals surface area contributed by atoms with Crippen LogP contribution in [0, 0.1) is 0 Å². The van der Waals surface area contributed by atoms with Crippen molar-refractivity contribution in [2.24, 2.45) is 0 Å². The number of phenols is 29. The van der Waals surface area contributed by atoms with Crippen LogP contribution in [-0.2, 0) is 0 Å². The summed E-state index contributed by atoms with van der Waals surface area (Å²) in [5.41, 5.74) is -10.9. The molecule has 11 aromatic rings. The van der Waals surface area contributed by atoms with E-state index >= 15 is 0 Å². The van der Waals surface area contributed by atoms with Gasteiger partial charge in [-0.2, -0.15) is 0 Å². The molecule has 30 heteroatoms. The molecule has 0 aliphatic carbocycles. The molecule has 410 valence electrons. The fourth-order valence-corrected chi connectivity index (χ4v) is 10.4. The Labute approximate surface area is 433 Å². The SMILES string of the molecule is Oc1cc(O)c2oc3c(O)c4c(O)c(O)c(O)c(O)c4c(O)c3c2c1-c1c2c(O)c(O)c(O)c(O)c2c(-c2c(O)c(O)c(O)c(-c3c(O)c4c(O)c(O)c(O)c(O)c4c4c(O)c(O)c(O)c(O)c34)c2O)c2c(O)c(O)c(O)c(O)c12.